The number of hydrogen-bond donors (Lipinski definition) is 1. The lowest BCUT2D eigenvalue weighted by molar-refractivity contribution is -0.120. The van der Waals surface area contributed by atoms with Gasteiger partial charge in [0.2, 0.25) is 5.91 Å². The highest BCUT2D eigenvalue weighted by Crippen LogP contribution is 2.20. The van der Waals surface area contributed by atoms with Gasteiger partial charge in [-0.25, -0.2) is 10.4 Å². The Hall–Kier alpha value is -2.47. The van der Waals surface area contributed by atoms with Gasteiger partial charge in [-0.05, 0) is 31.2 Å². The van der Waals surface area contributed by atoms with Gasteiger partial charge in [0.05, 0.1) is 17.8 Å². The summed E-state index contributed by atoms with van der Waals surface area (Å²) in [6.45, 7) is 0. The Labute approximate surface area is 144 Å². The fraction of sp³-hybridized carbons (Fsp3) is 0.278. The van der Waals surface area contributed by atoms with Crippen molar-refractivity contribution < 1.29 is 4.79 Å². The molecule has 3 aromatic rings. The lowest BCUT2D eigenvalue weighted by atomic mass is 10.0. The quantitative estimate of drug-likeness (QED) is 0.589. The maximum Gasteiger partial charge on any atom is 0.246 e. The van der Waals surface area contributed by atoms with E-state index in [1.54, 1.807) is 11.3 Å². The van der Waals surface area contributed by atoms with Crippen LogP contribution in [-0.2, 0) is 17.6 Å². The number of nitrogens with one attached hydrogen (secondary N) is 1. The van der Waals surface area contributed by atoms with Crippen molar-refractivity contribution in [2.75, 3.05) is 0 Å². The third-order valence-electron chi connectivity index (χ3n) is 4.24. The van der Waals surface area contributed by atoms with Gasteiger partial charge in [-0.3, -0.25) is 9.20 Å². The predicted molar refractivity (Wildman–Crippen MR) is 95.4 cm³/mol. The molecule has 0 radical (unpaired) electrons. The van der Waals surface area contributed by atoms with Crippen LogP contribution in [0.2, 0.25) is 0 Å². The molecule has 2 heterocycles. The van der Waals surface area contributed by atoms with Crippen LogP contribution in [0.5, 0.6) is 0 Å². The molecule has 0 aliphatic heterocycles. The molecule has 0 saturated heterocycles. The second kappa shape index (κ2) is 6.57. The molecule has 1 aromatic carbocycles. The van der Waals surface area contributed by atoms with E-state index in [1.807, 2.05) is 28.2 Å². The van der Waals surface area contributed by atoms with Gasteiger partial charge in [0.25, 0.3) is 0 Å². The number of benzene rings is 1. The van der Waals surface area contributed by atoms with Crippen molar-refractivity contribution in [3.05, 3.63) is 58.9 Å². The van der Waals surface area contributed by atoms with E-state index >= 15 is 0 Å². The number of imidazole rings is 1. The van der Waals surface area contributed by atoms with Crippen LogP contribution >= 0.6 is 11.3 Å². The summed E-state index contributed by atoms with van der Waals surface area (Å²) in [5.41, 5.74) is 6.93. The van der Waals surface area contributed by atoms with Crippen LogP contribution in [0.15, 0.2) is 47.1 Å². The van der Waals surface area contributed by atoms with E-state index in [0.29, 0.717) is 0 Å². The van der Waals surface area contributed by atoms with E-state index in [0.717, 1.165) is 47.6 Å². The molecule has 1 aliphatic carbocycles. The molecule has 0 bridgehead atoms. The number of thiazole rings is 1. The molecule has 0 spiro atoms. The number of rotatable bonds is 3. The van der Waals surface area contributed by atoms with E-state index in [4.69, 9.17) is 0 Å². The van der Waals surface area contributed by atoms with E-state index in [1.165, 1.54) is 5.56 Å². The van der Waals surface area contributed by atoms with Gasteiger partial charge >= 0.3 is 0 Å². The number of amides is 1. The fourth-order valence-electron chi connectivity index (χ4n) is 3.07. The van der Waals surface area contributed by atoms with E-state index in [9.17, 15) is 4.79 Å². The average molecular weight is 338 g/mol. The molecule has 6 heteroatoms. The summed E-state index contributed by atoms with van der Waals surface area (Å²) < 4.78 is 1.93. The first kappa shape index (κ1) is 15.1. The third-order valence-corrected chi connectivity index (χ3v) is 5.01. The monoisotopic (exact) mass is 338 g/mol. The molecule has 0 unspecified atom stereocenters. The van der Waals surface area contributed by atoms with Crippen LogP contribution in [0, 0.1) is 0 Å². The molecule has 1 N–H and O–H groups in total. The van der Waals surface area contributed by atoms with Crippen LogP contribution < -0.4 is 5.43 Å². The molecular formula is C18H18N4OS. The topological polar surface area (TPSA) is 58.8 Å². The Morgan fingerprint density at radius 1 is 1.29 bits per heavy atom. The van der Waals surface area contributed by atoms with Crippen LogP contribution in [0.25, 0.3) is 4.96 Å². The highest BCUT2D eigenvalue weighted by atomic mass is 32.1. The van der Waals surface area contributed by atoms with Crippen LogP contribution in [0.3, 0.4) is 0 Å². The summed E-state index contributed by atoms with van der Waals surface area (Å²) in [4.78, 5) is 17.5. The zero-order valence-corrected chi connectivity index (χ0v) is 14.1. The largest absolute Gasteiger partial charge is 0.297 e. The SMILES string of the molecule is O=C(Cc1cn2ccsc2n1)N/N=C1\CCCCc2ccccc21. The first-order valence-corrected chi connectivity index (χ1v) is 9.02. The molecule has 0 saturated carbocycles. The van der Waals surface area contributed by atoms with Crippen molar-refractivity contribution in [2.45, 2.75) is 32.1 Å². The summed E-state index contributed by atoms with van der Waals surface area (Å²) in [6.07, 6.45) is 8.31. The van der Waals surface area contributed by atoms with Crippen molar-refractivity contribution in [2.24, 2.45) is 5.10 Å². The van der Waals surface area contributed by atoms with Crippen molar-refractivity contribution in [1.29, 1.82) is 0 Å². The van der Waals surface area contributed by atoms with Crippen molar-refractivity contribution in [3.8, 4) is 0 Å². The standard InChI is InChI=1S/C18H18N4OS/c23-17(11-14-12-22-9-10-24-18(22)19-14)21-20-16-8-4-2-6-13-5-1-3-7-15(13)16/h1,3,5,7,9-10,12H,2,4,6,8,11H2,(H,21,23)/b20-16+. The Bertz CT molecular complexity index is 880. The molecule has 122 valence electrons. The summed E-state index contributed by atoms with van der Waals surface area (Å²) in [7, 11) is 0. The molecule has 5 nitrogen and oxygen atoms in total. The summed E-state index contributed by atoms with van der Waals surface area (Å²) in [5, 5.41) is 6.38. The Morgan fingerprint density at radius 3 is 3.08 bits per heavy atom. The highest BCUT2D eigenvalue weighted by molar-refractivity contribution is 7.15. The van der Waals surface area contributed by atoms with Gasteiger partial charge in [0.1, 0.15) is 0 Å². The third kappa shape index (κ3) is 3.10. The van der Waals surface area contributed by atoms with Crippen molar-refractivity contribution >= 4 is 27.9 Å². The molecule has 1 amide bonds. The first-order chi connectivity index (χ1) is 11.8. The lowest BCUT2D eigenvalue weighted by Gasteiger charge is -2.07. The second-order valence-electron chi connectivity index (χ2n) is 5.96. The minimum Gasteiger partial charge on any atom is -0.297 e. The van der Waals surface area contributed by atoms with E-state index < -0.39 is 0 Å². The molecular weight excluding hydrogens is 320 g/mol. The summed E-state index contributed by atoms with van der Waals surface area (Å²) in [6, 6.07) is 8.33. The zero-order chi connectivity index (χ0) is 16.4. The maximum atomic E-state index is 12.2. The number of carbonyl (C=O) groups is 1. The summed E-state index contributed by atoms with van der Waals surface area (Å²) in [5.74, 6) is -0.130. The molecule has 4 rings (SSSR count). The van der Waals surface area contributed by atoms with Gasteiger partial charge < -0.3 is 0 Å². The highest BCUT2D eigenvalue weighted by Gasteiger charge is 2.14. The Kier molecular flexibility index (Phi) is 4.13. The van der Waals surface area contributed by atoms with Crippen molar-refractivity contribution in [1.82, 2.24) is 14.8 Å². The number of carbonyl (C=O) groups excluding carboxylic acids is 1. The minimum absolute atomic E-state index is 0.130. The predicted octanol–water partition coefficient (Wildman–Crippen LogP) is 3.19. The lowest BCUT2D eigenvalue weighted by Crippen LogP contribution is -2.22. The number of fused-ring (bicyclic) bond motifs is 2. The smallest absolute Gasteiger partial charge is 0.246 e. The van der Waals surface area contributed by atoms with E-state index in [-0.39, 0.29) is 12.3 Å². The Morgan fingerprint density at radius 2 is 2.17 bits per heavy atom. The molecule has 0 atom stereocenters. The van der Waals surface area contributed by atoms with Crippen LogP contribution in [-0.4, -0.2) is 21.0 Å². The number of aromatic nitrogens is 2. The molecule has 1 aliphatic rings. The number of hydrazone groups is 1. The van der Waals surface area contributed by atoms with Gasteiger partial charge in [-0.1, -0.05) is 24.3 Å². The molecule has 24 heavy (non-hydrogen) atoms. The number of hydrogen-bond acceptors (Lipinski definition) is 4. The normalized spacial score (nSPS) is 16.1. The summed E-state index contributed by atoms with van der Waals surface area (Å²) >= 11 is 1.56. The van der Waals surface area contributed by atoms with Crippen LogP contribution in [0.1, 0.15) is 36.1 Å². The number of nitrogens with zero attached hydrogens (tertiary/aromatic N) is 3. The van der Waals surface area contributed by atoms with Gasteiger partial charge in [-0.2, -0.15) is 5.10 Å². The van der Waals surface area contributed by atoms with Gasteiger partial charge in [0.15, 0.2) is 4.96 Å². The van der Waals surface area contributed by atoms with Gasteiger partial charge in [0, 0.05) is 23.3 Å². The van der Waals surface area contributed by atoms with Crippen molar-refractivity contribution in [3.63, 3.8) is 0 Å². The fourth-order valence-corrected chi connectivity index (χ4v) is 3.79. The molecule has 2 aromatic heterocycles. The number of aryl methyl sites for hydroxylation is 1. The van der Waals surface area contributed by atoms with E-state index in [2.05, 4.69) is 33.7 Å². The Balaban J connectivity index is 1.47. The van der Waals surface area contributed by atoms with Gasteiger partial charge in [-0.15, -0.1) is 11.3 Å². The molecule has 0 fully saturated rings. The van der Waals surface area contributed by atoms with Crippen LogP contribution in [0.4, 0.5) is 0 Å². The average Bonchev–Trinajstić information content (AvgIpc) is 3.09. The zero-order valence-electron chi connectivity index (χ0n) is 13.2. The first-order valence-electron chi connectivity index (χ1n) is 8.14. The second-order valence-corrected chi connectivity index (χ2v) is 6.83. The maximum absolute atomic E-state index is 12.2. The minimum atomic E-state index is -0.130.